The Morgan fingerprint density at radius 3 is 2.54 bits per heavy atom. The van der Waals surface area contributed by atoms with E-state index in [0.29, 0.717) is 65.7 Å². The first-order valence-corrected chi connectivity index (χ1v) is 14.5. The molecule has 0 unspecified atom stereocenters. The third-order valence-corrected chi connectivity index (χ3v) is 8.80. The van der Waals surface area contributed by atoms with E-state index in [9.17, 15) is 17.6 Å². The molecule has 1 aromatic heterocycles. The molecule has 5 rings (SSSR count). The molecule has 3 aromatic carbocycles. The predicted octanol–water partition coefficient (Wildman–Crippen LogP) is 4.97. The number of fused-ring (bicyclic) bond motifs is 1. The van der Waals surface area contributed by atoms with E-state index in [1.807, 2.05) is 12.1 Å². The van der Waals surface area contributed by atoms with Gasteiger partial charge in [-0.1, -0.05) is 41.9 Å². The maximum absolute atomic E-state index is 14.2. The van der Waals surface area contributed by atoms with Crippen molar-refractivity contribution < 1.29 is 22.3 Å². The zero-order chi connectivity index (χ0) is 27.6. The lowest BCUT2D eigenvalue weighted by atomic mass is 10.1. The first-order chi connectivity index (χ1) is 18.7. The minimum absolute atomic E-state index is 0.163. The number of rotatable bonds is 7. The summed E-state index contributed by atoms with van der Waals surface area (Å²) in [5.41, 5.74) is 1.86. The van der Waals surface area contributed by atoms with Crippen LogP contribution in [0, 0.1) is 5.82 Å². The topological polar surface area (TPSA) is 79.8 Å². The molecule has 0 N–H and O–H groups in total. The summed E-state index contributed by atoms with van der Waals surface area (Å²) in [5, 5.41) is 1.10. The molecule has 0 saturated carbocycles. The Balaban J connectivity index is 1.28. The Hall–Kier alpha value is -3.53. The summed E-state index contributed by atoms with van der Waals surface area (Å²) in [6.07, 6.45) is 1.57. The number of methoxy groups -OCH3 is 1. The molecule has 1 aliphatic rings. The third-order valence-electron chi connectivity index (χ3n) is 6.85. The second-order valence-electron chi connectivity index (χ2n) is 9.43. The van der Waals surface area contributed by atoms with Gasteiger partial charge in [0, 0.05) is 54.9 Å². The molecular formula is C29H27ClFN3O4S. The van der Waals surface area contributed by atoms with Crippen LogP contribution in [-0.4, -0.2) is 62.4 Å². The normalized spacial score (nSPS) is 14.5. The number of hydrogen-bond acceptors (Lipinski definition) is 6. The molecule has 0 bridgehead atoms. The number of carbonyl (C=O) groups is 1. The van der Waals surface area contributed by atoms with Gasteiger partial charge in [0.05, 0.1) is 28.8 Å². The Labute approximate surface area is 231 Å². The molecule has 1 fully saturated rings. The molecule has 1 saturated heterocycles. The lowest BCUT2D eigenvalue weighted by Gasteiger charge is -2.35. The molecule has 39 heavy (non-hydrogen) atoms. The van der Waals surface area contributed by atoms with E-state index in [1.54, 1.807) is 59.6 Å². The van der Waals surface area contributed by atoms with E-state index >= 15 is 0 Å². The van der Waals surface area contributed by atoms with Crippen molar-refractivity contribution in [2.24, 2.45) is 0 Å². The molecular weight excluding hydrogens is 541 g/mol. The van der Waals surface area contributed by atoms with Crippen molar-refractivity contribution in [2.75, 3.05) is 33.3 Å². The van der Waals surface area contributed by atoms with Crippen LogP contribution in [0.5, 0.6) is 5.75 Å². The van der Waals surface area contributed by atoms with Gasteiger partial charge in [0.15, 0.2) is 9.84 Å². The fourth-order valence-corrected chi connectivity index (χ4v) is 6.48. The number of ether oxygens (including phenoxy) is 1. The average molecular weight is 568 g/mol. The molecule has 0 spiro atoms. The monoisotopic (exact) mass is 567 g/mol. The van der Waals surface area contributed by atoms with Gasteiger partial charge in [-0.25, -0.2) is 12.8 Å². The van der Waals surface area contributed by atoms with E-state index in [-0.39, 0.29) is 22.4 Å². The van der Waals surface area contributed by atoms with Crippen LogP contribution in [0.15, 0.2) is 77.8 Å². The molecule has 1 aliphatic heterocycles. The number of pyridine rings is 1. The lowest BCUT2D eigenvalue weighted by Crippen LogP contribution is -2.48. The van der Waals surface area contributed by atoms with Gasteiger partial charge in [-0.15, -0.1) is 0 Å². The number of sulfone groups is 1. The van der Waals surface area contributed by atoms with E-state index in [2.05, 4.69) is 9.88 Å². The highest BCUT2D eigenvalue weighted by Gasteiger charge is 2.26. The van der Waals surface area contributed by atoms with E-state index in [1.165, 1.54) is 13.2 Å². The smallest absolute Gasteiger partial charge is 0.257 e. The summed E-state index contributed by atoms with van der Waals surface area (Å²) in [6.45, 7) is 2.56. The van der Waals surface area contributed by atoms with Crippen molar-refractivity contribution in [3.63, 3.8) is 0 Å². The van der Waals surface area contributed by atoms with E-state index < -0.39 is 9.84 Å². The van der Waals surface area contributed by atoms with Crippen molar-refractivity contribution in [3.05, 3.63) is 100 Å². The Bertz CT molecular complexity index is 1630. The van der Waals surface area contributed by atoms with Gasteiger partial charge in [0.1, 0.15) is 11.6 Å². The van der Waals surface area contributed by atoms with Gasteiger partial charge >= 0.3 is 0 Å². The highest BCUT2D eigenvalue weighted by atomic mass is 35.5. The number of piperazine rings is 1. The quantitative estimate of drug-likeness (QED) is 0.314. The summed E-state index contributed by atoms with van der Waals surface area (Å²) in [6, 6.07) is 18.2. The third kappa shape index (κ3) is 5.90. The summed E-state index contributed by atoms with van der Waals surface area (Å²) in [7, 11) is -2.25. The second-order valence-corrected chi connectivity index (χ2v) is 11.8. The van der Waals surface area contributed by atoms with E-state index in [0.717, 1.165) is 5.39 Å². The van der Waals surface area contributed by atoms with Crippen LogP contribution in [0.3, 0.4) is 0 Å². The maximum Gasteiger partial charge on any atom is 0.257 e. The Morgan fingerprint density at radius 2 is 1.79 bits per heavy atom. The highest BCUT2D eigenvalue weighted by Crippen LogP contribution is 2.28. The van der Waals surface area contributed by atoms with E-state index in [4.69, 9.17) is 16.3 Å². The fourth-order valence-electron chi connectivity index (χ4n) is 4.80. The minimum atomic E-state index is -3.71. The van der Waals surface area contributed by atoms with Gasteiger partial charge in [0.25, 0.3) is 5.91 Å². The number of benzene rings is 3. The Kier molecular flexibility index (Phi) is 7.83. The molecule has 10 heteroatoms. The van der Waals surface area contributed by atoms with Crippen LogP contribution < -0.4 is 4.74 Å². The molecule has 7 nitrogen and oxygen atoms in total. The van der Waals surface area contributed by atoms with Crippen LogP contribution in [0.4, 0.5) is 4.39 Å². The first-order valence-electron chi connectivity index (χ1n) is 12.4. The van der Waals surface area contributed by atoms with Crippen molar-refractivity contribution in [1.82, 2.24) is 14.8 Å². The number of halogens is 2. The van der Waals surface area contributed by atoms with Crippen LogP contribution in [0.25, 0.3) is 10.9 Å². The summed E-state index contributed by atoms with van der Waals surface area (Å²) in [4.78, 5) is 21.6. The highest BCUT2D eigenvalue weighted by molar-refractivity contribution is 7.90. The molecule has 0 aliphatic carbocycles. The molecule has 0 atom stereocenters. The zero-order valence-corrected chi connectivity index (χ0v) is 22.9. The minimum Gasteiger partial charge on any atom is -0.496 e. The summed E-state index contributed by atoms with van der Waals surface area (Å²) in [5.74, 6) is -0.483. The van der Waals surface area contributed by atoms with Crippen LogP contribution >= 0.6 is 11.6 Å². The molecule has 1 amide bonds. The van der Waals surface area contributed by atoms with Crippen molar-refractivity contribution in [3.8, 4) is 5.75 Å². The first kappa shape index (κ1) is 27.1. The van der Waals surface area contributed by atoms with Gasteiger partial charge < -0.3 is 9.64 Å². The van der Waals surface area contributed by atoms with Crippen LogP contribution in [0.1, 0.15) is 21.5 Å². The molecule has 2 heterocycles. The van der Waals surface area contributed by atoms with Crippen LogP contribution in [-0.2, 0) is 22.1 Å². The SMILES string of the molecule is COc1cc(CS(=O)(=O)c2cccc3cccnc23)ccc1C(=O)N1CCN(Cc2ccc(Cl)cc2F)CC1. The van der Waals surface area contributed by atoms with Gasteiger partial charge in [-0.05, 0) is 42.0 Å². The van der Waals surface area contributed by atoms with Crippen molar-refractivity contribution in [1.29, 1.82) is 0 Å². The summed E-state index contributed by atoms with van der Waals surface area (Å²) >= 11 is 5.85. The maximum atomic E-state index is 14.2. The number of amides is 1. The number of hydrogen-bond donors (Lipinski definition) is 0. The largest absolute Gasteiger partial charge is 0.496 e. The van der Waals surface area contributed by atoms with Crippen molar-refractivity contribution in [2.45, 2.75) is 17.2 Å². The predicted molar refractivity (Wildman–Crippen MR) is 148 cm³/mol. The standard InChI is InChI=1S/C29H27ClFN3O4S/c1-38-26-16-20(19-39(36,37)27-6-2-4-21-5-3-11-32-28(21)27)7-10-24(26)29(35)34-14-12-33(13-15-34)18-22-8-9-23(30)17-25(22)31/h2-11,16-17H,12-15,18-19H2,1H3. The van der Waals surface area contributed by atoms with Gasteiger partial charge in [-0.3, -0.25) is 14.7 Å². The molecule has 4 aromatic rings. The number of carbonyl (C=O) groups excluding carboxylic acids is 1. The van der Waals surface area contributed by atoms with Gasteiger partial charge in [-0.2, -0.15) is 0 Å². The zero-order valence-electron chi connectivity index (χ0n) is 21.3. The average Bonchev–Trinajstić information content (AvgIpc) is 2.94. The second kappa shape index (κ2) is 11.3. The van der Waals surface area contributed by atoms with Crippen LogP contribution in [0.2, 0.25) is 5.02 Å². The number of para-hydroxylation sites is 1. The van der Waals surface area contributed by atoms with Gasteiger partial charge in [0.2, 0.25) is 0 Å². The lowest BCUT2D eigenvalue weighted by molar-refractivity contribution is 0.0624. The number of aromatic nitrogens is 1. The molecule has 202 valence electrons. The summed E-state index contributed by atoms with van der Waals surface area (Å²) < 4.78 is 46.3. The fraction of sp³-hybridized carbons (Fsp3) is 0.241. The Morgan fingerprint density at radius 1 is 1.03 bits per heavy atom. The molecule has 0 radical (unpaired) electrons. The van der Waals surface area contributed by atoms with Crippen molar-refractivity contribution >= 4 is 38.2 Å². The number of nitrogens with zero attached hydrogens (tertiary/aromatic N) is 3.